The van der Waals surface area contributed by atoms with Gasteiger partial charge in [0, 0.05) is 25.9 Å². The van der Waals surface area contributed by atoms with Crippen molar-refractivity contribution in [3.63, 3.8) is 0 Å². The van der Waals surface area contributed by atoms with Crippen LogP contribution in [0.1, 0.15) is 11.1 Å². The Kier molecular flexibility index (Phi) is 8.25. The van der Waals surface area contributed by atoms with E-state index in [0.717, 1.165) is 23.4 Å². The minimum absolute atomic E-state index is 0.395. The molecule has 0 atom stereocenters. The van der Waals surface area contributed by atoms with Crippen LogP contribution in [-0.4, -0.2) is 40.4 Å². The molecule has 146 valence electrons. The summed E-state index contributed by atoms with van der Waals surface area (Å²) in [4.78, 5) is 4.37. The summed E-state index contributed by atoms with van der Waals surface area (Å²) in [7, 11) is 4.91. The highest BCUT2D eigenvalue weighted by atomic mass is 16.5. The first kappa shape index (κ1) is 20.4. The van der Waals surface area contributed by atoms with Crippen molar-refractivity contribution >= 4 is 11.6 Å². The summed E-state index contributed by atoms with van der Waals surface area (Å²) in [6.45, 7) is 2.53. The standard InChI is InChI=1S/C20H28N4O3/c1-25-11-10-22-17-7-4-15(5-8-17)13-23-20(21)24-14-16-6-9-18(26-2)19(12-16)27-3/h4-9,12,22H,10-11,13-14H2,1-3H3,(H3,21,23,24). The third-order valence-corrected chi connectivity index (χ3v) is 3.94. The lowest BCUT2D eigenvalue weighted by Gasteiger charge is -2.10. The molecule has 0 saturated heterocycles. The van der Waals surface area contributed by atoms with Crippen LogP contribution in [0.4, 0.5) is 5.69 Å². The van der Waals surface area contributed by atoms with Gasteiger partial charge in [-0.2, -0.15) is 0 Å². The lowest BCUT2D eigenvalue weighted by atomic mass is 10.2. The number of nitrogens with two attached hydrogens (primary N) is 1. The van der Waals surface area contributed by atoms with Crippen LogP contribution in [0.15, 0.2) is 47.5 Å². The number of methoxy groups -OCH3 is 3. The zero-order chi connectivity index (χ0) is 19.5. The fraction of sp³-hybridized carbons (Fsp3) is 0.350. The molecule has 2 aromatic carbocycles. The third-order valence-electron chi connectivity index (χ3n) is 3.94. The van der Waals surface area contributed by atoms with E-state index in [1.54, 1.807) is 21.3 Å². The molecule has 0 unspecified atom stereocenters. The lowest BCUT2D eigenvalue weighted by molar-refractivity contribution is 0.211. The van der Waals surface area contributed by atoms with Gasteiger partial charge in [0.2, 0.25) is 0 Å². The van der Waals surface area contributed by atoms with Crippen LogP contribution >= 0.6 is 0 Å². The Balaban J connectivity index is 1.83. The fourth-order valence-electron chi connectivity index (χ4n) is 2.44. The Morgan fingerprint density at radius 1 is 0.963 bits per heavy atom. The van der Waals surface area contributed by atoms with Gasteiger partial charge in [-0.05, 0) is 35.4 Å². The minimum Gasteiger partial charge on any atom is -0.493 e. The smallest absolute Gasteiger partial charge is 0.189 e. The lowest BCUT2D eigenvalue weighted by Crippen LogP contribution is -2.31. The zero-order valence-corrected chi connectivity index (χ0v) is 16.1. The molecule has 7 heteroatoms. The molecule has 0 saturated carbocycles. The Labute approximate surface area is 160 Å². The molecule has 0 heterocycles. The molecular weight excluding hydrogens is 344 g/mol. The van der Waals surface area contributed by atoms with Crippen LogP contribution in [0.25, 0.3) is 0 Å². The normalized spacial score (nSPS) is 11.1. The Morgan fingerprint density at radius 3 is 2.33 bits per heavy atom. The van der Waals surface area contributed by atoms with Crippen molar-refractivity contribution in [2.45, 2.75) is 13.1 Å². The average Bonchev–Trinajstić information content (AvgIpc) is 2.71. The van der Waals surface area contributed by atoms with Crippen LogP contribution in [0.2, 0.25) is 0 Å². The molecule has 27 heavy (non-hydrogen) atoms. The van der Waals surface area contributed by atoms with Crippen LogP contribution in [-0.2, 0) is 17.8 Å². The highest BCUT2D eigenvalue weighted by molar-refractivity contribution is 5.77. The summed E-state index contributed by atoms with van der Waals surface area (Å²) in [5, 5.41) is 6.40. The fourth-order valence-corrected chi connectivity index (χ4v) is 2.44. The van der Waals surface area contributed by atoms with E-state index < -0.39 is 0 Å². The molecule has 0 fully saturated rings. The number of nitrogens with one attached hydrogen (secondary N) is 2. The first-order valence-electron chi connectivity index (χ1n) is 8.72. The maximum absolute atomic E-state index is 5.96. The predicted molar refractivity (Wildman–Crippen MR) is 109 cm³/mol. The van der Waals surface area contributed by atoms with Crippen molar-refractivity contribution in [2.24, 2.45) is 10.7 Å². The first-order valence-corrected chi connectivity index (χ1v) is 8.72. The molecular formula is C20H28N4O3. The van der Waals surface area contributed by atoms with E-state index in [2.05, 4.69) is 15.6 Å². The third kappa shape index (κ3) is 6.71. The predicted octanol–water partition coefficient (Wildman–Crippen LogP) is 2.37. The molecule has 0 spiro atoms. The van der Waals surface area contributed by atoms with Crippen molar-refractivity contribution < 1.29 is 14.2 Å². The van der Waals surface area contributed by atoms with E-state index in [4.69, 9.17) is 19.9 Å². The van der Waals surface area contributed by atoms with E-state index in [-0.39, 0.29) is 0 Å². The number of rotatable bonds is 10. The van der Waals surface area contributed by atoms with Gasteiger partial charge in [-0.3, -0.25) is 0 Å². The van der Waals surface area contributed by atoms with Crippen LogP contribution in [0, 0.1) is 0 Å². The van der Waals surface area contributed by atoms with Gasteiger partial charge in [-0.15, -0.1) is 0 Å². The van der Waals surface area contributed by atoms with Crippen molar-refractivity contribution in [3.05, 3.63) is 53.6 Å². The summed E-state index contributed by atoms with van der Waals surface area (Å²) in [6.07, 6.45) is 0. The molecule has 0 radical (unpaired) electrons. The monoisotopic (exact) mass is 372 g/mol. The van der Waals surface area contributed by atoms with Crippen molar-refractivity contribution in [2.75, 3.05) is 39.8 Å². The van der Waals surface area contributed by atoms with Gasteiger partial charge < -0.3 is 30.6 Å². The van der Waals surface area contributed by atoms with Gasteiger partial charge in [-0.1, -0.05) is 18.2 Å². The summed E-state index contributed by atoms with van der Waals surface area (Å²) in [5.41, 5.74) is 9.14. The number of hydrogen-bond acceptors (Lipinski definition) is 5. The number of ether oxygens (including phenoxy) is 3. The molecule has 0 aromatic heterocycles. The number of hydrogen-bond donors (Lipinski definition) is 3. The number of anilines is 1. The molecule has 0 bridgehead atoms. The van der Waals surface area contributed by atoms with E-state index in [0.29, 0.717) is 37.2 Å². The molecule has 0 aliphatic heterocycles. The van der Waals surface area contributed by atoms with Crippen molar-refractivity contribution in [1.29, 1.82) is 0 Å². The second-order valence-corrected chi connectivity index (χ2v) is 5.86. The van der Waals surface area contributed by atoms with Gasteiger partial charge in [0.05, 0.1) is 27.4 Å². The molecule has 7 nitrogen and oxygen atoms in total. The molecule has 4 N–H and O–H groups in total. The Bertz CT molecular complexity index is 733. The molecule has 2 aromatic rings. The van der Waals surface area contributed by atoms with Gasteiger partial charge in [0.1, 0.15) is 0 Å². The SMILES string of the molecule is COCCNc1ccc(CNC(N)=NCc2ccc(OC)c(OC)c2)cc1. The number of nitrogens with zero attached hydrogens (tertiary/aromatic N) is 1. The second kappa shape index (κ2) is 10.9. The summed E-state index contributed by atoms with van der Waals surface area (Å²) >= 11 is 0. The summed E-state index contributed by atoms with van der Waals surface area (Å²) in [5.74, 6) is 1.76. The van der Waals surface area contributed by atoms with Gasteiger partial charge in [0.15, 0.2) is 17.5 Å². The van der Waals surface area contributed by atoms with E-state index in [9.17, 15) is 0 Å². The van der Waals surface area contributed by atoms with Crippen molar-refractivity contribution in [3.8, 4) is 11.5 Å². The van der Waals surface area contributed by atoms with Gasteiger partial charge in [0.25, 0.3) is 0 Å². The number of aliphatic imine (C=N–C) groups is 1. The summed E-state index contributed by atoms with van der Waals surface area (Å²) < 4.78 is 15.5. The maximum atomic E-state index is 5.96. The molecule has 0 aliphatic rings. The van der Waals surface area contributed by atoms with E-state index in [1.165, 1.54) is 0 Å². The minimum atomic E-state index is 0.395. The molecule has 0 amide bonds. The highest BCUT2D eigenvalue weighted by Gasteiger charge is 2.04. The zero-order valence-electron chi connectivity index (χ0n) is 16.1. The van der Waals surface area contributed by atoms with Crippen LogP contribution < -0.4 is 25.8 Å². The maximum Gasteiger partial charge on any atom is 0.189 e. The second-order valence-electron chi connectivity index (χ2n) is 5.86. The molecule has 0 aliphatic carbocycles. The van der Waals surface area contributed by atoms with Crippen molar-refractivity contribution in [1.82, 2.24) is 5.32 Å². The van der Waals surface area contributed by atoms with Crippen LogP contribution in [0.3, 0.4) is 0 Å². The Hall–Kier alpha value is -2.93. The quantitative estimate of drug-likeness (QED) is 0.337. The van der Waals surface area contributed by atoms with Crippen LogP contribution in [0.5, 0.6) is 11.5 Å². The largest absolute Gasteiger partial charge is 0.493 e. The first-order chi connectivity index (χ1) is 13.2. The number of benzene rings is 2. The van der Waals surface area contributed by atoms with Gasteiger partial charge >= 0.3 is 0 Å². The summed E-state index contributed by atoms with van der Waals surface area (Å²) in [6, 6.07) is 13.8. The highest BCUT2D eigenvalue weighted by Crippen LogP contribution is 2.27. The average molecular weight is 372 g/mol. The van der Waals surface area contributed by atoms with E-state index >= 15 is 0 Å². The topological polar surface area (TPSA) is 90.1 Å². The number of guanidine groups is 1. The Morgan fingerprint density at radius 2 is 1.67 bits per heavy atom. The van der Waals surface area contributed by atoms with E-state index in [1.807, 2.05) is 42.5 Å². The van der Waals surface area contributed by atoms with Gasteiger partial charge in [-0.25, -0.2) is 4.99 Å². The molecule has 2 rings (SSSR count).